The molecule has 3 heteroatoms. The molecule has 1 aromatic rings. The van der Waals surface area contributed by atoms with E-state index in [2.05, 4.69) is 35.1 Å². The molecule has 0 heterocycles. The highest BCUT2D eigenvalue weighted by Crippen LogP contribution is 2.26. The van der Waals surface area contributed by atoms with Gasteiger partial charge in [-0.25, -0.2) is 0 Å². The van der Waals surface area contributed by atoms with Gasteiger partial charge in [0.1, 0.15) is 0 Å². The van der Waals surface area contributed by atoms with Crippen LogP contribution >= 0.6 is 27.5 Å². The minimum absolute atomic E-state index is 0.732. The molecule has 15 heavy (non-hydrogen) atoms. The SMILES string of the molecule is CCC(CC)CNc1cc(Cl)ccc1Br. The predicted molar refractivity (Wildman–Crippen MR) is 71.7 cm³/mol. The lowest BCUT2D eigenvalue weighted by molar-refractivity contribution is 0.519. The maximum Gasteiger partial charge on any atom is 0.0499 e. The Hall–Kier alpha value is -0.210. The summed E-state index contributed by atoms with van der Waals surface area (Å²) >= 11 is 9.44. The van der Waals surface area contributed by atoms with Crippen LogP contribution in [0.25, 0.3) is 0 Å². The molecule has 1 nitrogen and oxygen atoms in total. The van der Waals surface area contributed by atoms with Crippen LogP contribution in [0.5, 0.6) is 0 Å². The van der Waals surface area contributed by atoms with Crippen LogP contribution in [-0.2, 0) is 0 Å². The summed E-state index contributed by atoms with van der Waals surface area (Å²) in [5.74, 6) is 0.732. The van der Waals surface area contributed by atoms with E-state index in [0.29, 0.717) is 0 Å². The molecular weight excluding hydrogens is 273 g/mol. The first-order valence-electron chi connectivity index (χ1n) is 5.36. The maximum absolute atomic E-state index is 5.94. The lowest BCUT2D eigenvalue weighted by atomic mass is 10.0. The van der Waals surface area contributed by atoms with Gasteiger partial charge in [0.05, 0.1) is 0 Å². The number of halogens is 2. The molecular formula is C12H17BrClN. The maximum atomic E-state index is 5.94. The molecule has 0 aromatic heterocycles. The van der Waals surface area contributed by atoms with Crippen LogP contribution in [0.15, 0.2) is 22.7 Å². The molecule has 1 rings (SSSR count). The molecule has 0 unspecified atom stereocenters. The van der Waals surface area contributed by atoms with Crippen LogP contribution in [0.2, 0.25) is 5.02 Å². The summed E-state index contributed by atoms with van der Waals surface area (Å²) in [6.45, 7) is 5.46. The normalized spacial score (nSPS) is 10.7. The molecule has 0 aliphatic rings. The van der Waals surface area contributed by atoms with E-state index in [1.165, 1.54) is 12.8 Å². The summed E-state index contributed by atoms with van der Waals surface area (Å²) in [6, 6.07) is 5.81. The van der Waals surface area contributed by atoms with Crippen molar-refractivity contribution in [1.29, 1.82) is 0 Å². The second-order valence-electron chi connectivity index (χ2n) is 3.69. The average molecular weight is 291 g/mol. The van der Waals surface area contributed by atoms with Gasteiger partial charge >= 0.3 is 0 Å². The Morgan fingerprint density at radius 3 is 2.60 bits per heavy atom. The van der Waals surface area contributed by atoms with Gasteiger partial charge in [0.2, 0.25) is 0 Å². The summed E-state index contributed by atoms with van der Waals surface area (Å²) in [6.07, 6.45) is 2.42. The van der Waals surface area contributed by atoms with E-state index < -0.39 is 0 Å². The zero-order valence-electron chi connectivity index (χ0n) is 9.19. The van der Waals surface area contributed by atoms with E-state index in [4.69, 9.17) is 11.6 Å². The van der Waals surface area contributed by atoms with Gasteiger partial charge in [-0.15, -0.1) is 0 Å². The van der Waals surface area contributed by atoms with Crippen molar-refractivity contribution in [3.8, 4) is 0 Å². The zero-order valence-corrected chi connectivity index (χ0v) is 11.5. The minimum atomic E-state index is 0.732. The topological polar surface area (TPSA) is 12.0 Å². The van der Waals surface area contributed by atoms with Gasteiger partial charge in [0.25, 0.3) is 0 Å². The first kappa shape index (κ1) is 12.9. The van der Waals surface area contributed by atoms with Gasteiger partial charge in [-0.3, -0.25) is 0 Å². The van der Waals surface area contributed by atoms with Crippen LogP contribution in [0.1, 0.15) is 26.7 Å². The summed E-state index contributed by atoms with van der Waals surface area (Å²) in [5.41, 5.74) is 1.08. The Labute approximate surface area is 105 Å². The third kappa shape index (κ3) is 4.04. The summed E-state index contributed by atoms with van der Waals surface area (Å²) in [7, 11) is 0. The fourth-order valence-electron chi connectivity index (χ4n) is 1.46. The highest BCUT2D eigenvalue weighted by molar-refractivity contribution is 9.10. The standard InChI is InChI=1S/C12H17BrClN/c1-3-9(4-2)8-15-12-7-10(14)5-6-11(12)13/h5-7,9,15H,3-4,8H2,1-2H3. The van der Waals surface area contributed by atoms with E-state index in [1.807, 2.05) is 18.2 Å². The van der Waals surface area contributed by atoms with Crippen LogP contribution in [0.4, 0.5) is 5.69 Å². The lowest BCUT2D eigenvalue weighted by Crippen LogP contribution is -2.12. The van der Waals surface area contributed by atoms with Crippen molar-refractivity contribution in [2.75, 3.05) is 11.9 Å². The Morgan fingerprint density at radius 1 is 1.33 bits per heavy atom. The first-order chi connectivity index (χ1) is 7.17. The molecule has 0 atom stereocenters. The monoisotopic (exact) mass is 289 g/mol. The largest absolute Gasteiger partial charge is 0.384 e. The molecule has 0 saturated heterocycles. The molecule has 1 N–H and O–H groups in total. The third-order valence-corrected chi connectivity index (χ3v) is 3.59. The number of anilines is 1. The minimum Gasteiger partial charge on any atom is -0.384 e. The van der Waals surface area contributed by atoms with Crippen LogP contribution < -0.4 is 5.32 Å². The van der Waals surface area contributed by atoms with Gasteiger partial charge in [-0.1, -0.05) is 38.3 Å². The average Bonchev–Trinajstić information content (AvgIpc) is 2.24. The van der Waals surface area contributed by atoms with E-state index >= 15 is 0 Å². The Morgan fingerprint density at radius 2 is 2.00 bits per heavy atom. The fourth-order valence-corrected chi connectivity index (χ4v) is 2.02. The van der Waals surface area contributed by atoms with Gasteiger partial charge in [-0.2, -0.15) is 0 Å². The van der Waals surface area contributed by atoms with Crippen LogP contribution in [-0.4, -0.2) is 6.54 Å². The molecule has 0 spiro atoms. The summed E-state index contributed by atoms with van der Waals surface area (Å²) in [4.78, 5) is 0. The van der Waals surface area contributed by atoms with Gasteiger partial charge < -0.3 is 5.32 Å². The molecule has 0 saturated carbocycles. The number of hydrogen-bond acceptors (Lipinski definition) is 1. The molecule has 0 bridgehead atoms. The zero-order chi connectivity index (χ0) is 11.3. The Balaban J connectivity index is 2.60. The number of rotatable bonds is 5. The van der Waals surface area contributed by atoms with Gasteiger partial charge in [0, 0.05) is 21.7 Å². The van der Waals surface area contributed by atoms with E-state index in [-0.39, 0.29) is 0 Å². The predicted octanol–water partition coefficient (Wildman–Crippen LogP) is 4.95. The lowest BCUT2D eigenvalue weighted by Gasteiger charge is -2.15. The van der Waals surface area contributed by atoms with Crippen molar-refractivity contribution in [3.05, 3.63) is 27.7 Å². The molecule has 0 amide bonds. The van der Waals surface area contributed by atoms with Crippen LogP contribution in [0, 0.1) is 5.92 Å². The van der Waals surface area contributed by atoms with Crippen molar-refractivity contribution < 1.29 is 0 Å². The Kier molecular flexibility index (Phi) is 5.48. The van der Waals surface area contributed by atoms with Crippen molar-refractivity contribution in [3.63, 3.8) is 0 Å². The number of hydrogen-bond donors (Lipinski definition) is 1. The third-order valence-electron chi connectivity index (χ3n) is 2.66. The van der Waals surface area contributed by atoms with Crippen molar-refractivity contribution in [2.45, 2.75) is 26.7 Å². The molecule has 1 aromatic carbocycles. The first-order valence-corrected chi connectivity index (χ1v) is 6.53. The number of nitrogens with one attached hydrogen (secondary N) is 1. The second kappa shape index (κ2) is 6.39. The molecule has 84 valence electrons. The number of benzene rings is 1. The second-order valence-corrected chi connectivity index (χ2v) is 4.98. The van der Waals surface area contributed by atoms with Crippen molar-refractivity contribution in [2.24, 2.45) is 5.92 Å². The van der Waals surface area contributed by atoms with Crippen molar-refractivity contribution in [1.82, 2.24) is 0 Å². The summed E-state index contributed by atoms with van der Waals surface area (Å²) < 4.78 is 1.07. The fraction of sp³-hybridized carbons (Fsp3) is 0.500. The Bertz CT molecular complexity index is 310. The van der Waals surface area contributed by atoms with Gasteiger partial charge in [-0.05, 0) is 40.0 Å². The molecule has 0 aliphatic heterocycles. The van der Waals surface area contributed by atoms with E-state index in [1.54, 1.807) is 0 Å². The highest BCUT2D eigenvalue weighted by Gasteiger charge is 2.05. The van der Waals surface area contributed by atoms with E-state index in [0.717, 1.165) is 27.6 Å². The molecule has 0 aliphatic carbocycles. The summed E-state index contributed by atoms with van der Waals surface area (Å²) in [5, 5.41) is 4.19. The van der Waals surface area contributed by atoms with E-state index in [9.17, 15) is 0 Å². The van der Waals surface area contributed by atoms with Gasteiger partial charge in [0.15, 0.2) is 0 Å². The smallest absolute Gasteiger partial charge is 0.0499 e. The quantitative estimate of drug-likeness (QED) is 0.809. The van der Waals surface area contributed by atoms with Crippen LogP contribution in [0.3, 0.4) is 0 Å². The molecule has 0 fully saturated rings. The van der Waals surface area contributed by atoms with Crippen molar-refractivity contribution >= 4 is 33.2 Å². The molecule has 0 radical (unpaired) electrons. The highest BCUT2D eigenvalue weighted by atomic mass is 79.9.